The van der Waals surface area contributed by atoms with Gasteiger partial charge in [-0.15, -0.1) is 0 Å². The van der Waals surface area contributed by atoms with E-state index in [1.54, 1.807) is 12.1 Å². The summed E-state index contributed by atoms with van der Waals surface area (Å²) < 4.78 is 12.7. The van der Waals surface area contributed by atoms with E-state index in [-0.39, 0.29) is 11.1 Å². The van der Waals surface area contributed by atoms with E-state index in [0.717, 1.165) is 31.5 Å². The third-order valence-corrected chi connectivity index (χ3v) is 3.50. The Balaban J connectivity index is 2.45. The zero-order chi connectivity index (χ0) is 13.4. The van der Waals surface area contributed by atoms with Crippen LogP contribution in [-0.2, 0) is 5.75 Å². The second-order valence-corrected chi connectivity index (χ2v) is 5.09. The van der Waals surface area contributed by atoms with Crippen molar-refractivity contribution in [3.05, 3.63) is 35.6 Å². The summed E-state index contributed by atoms with van der Waals surface area (Å²) >= 11 is 1.29. The van der Waals surface area contributed by atoms with Crippen LogP contribution in [0.1, 0.15) is 32.3 Å². The molecule has 0 aromatic heterocycles. The van der Waals surface area contributed by atoms with Crippen LogP contribution < -0.4 is 0 Å². The van der Waals surface area contributed by atoms with Crippen LogP contribution in [0.25, 0.3) is 0 Å². The van der Waals surface area contributed by atoms with Crippen molar-refractivity contribution in [1.29, 1.82) is 0 Å². The molecule has 1 amide bonds. The van der Waals surface area contributed by atoms with E-state index >= 15 is 0 Å². The van der Waals surface area contributed by atoms with Crippen LogP contribution in [0.3, 0.4) is 0 Å². The number of carbonyl (C=O) groups is 1. The van der Waals surface area contributed by atoms with E-state index in [4.69, 9.17) is 0 Å². The van der Waals surface area contributed by atoms with Gasteiger partial charge in [0.1, 0.15) is 5.82 Å². The van der Waals surface area contributed by atoms with Gasteiger partial charge in [0.2, 0.25) is 0 Å². The minimum atomic E-state index is -0.242. The molecule has 0 radical (unpaired) electrons. The molecule has 0 aliphatic heterocycles. The number of carbonyl (C=O) groups excluding carboxylic acids is 1. The predicted octanol–water partition coefficient (Wildman–Crippen LogP) is 4.30. The average Bonchev–Trinajstić information content (AvgIpc) is 2.37. The minimum Gasteiger partial charge on any atom is -0.334 e. The van der Waals surface area contributed by atoms with Crippen molar-refractivity contribution < 1.29 is 9.18 Å². The number of nitrogens with zero attached hydrogens (tertiary/aromatic N) is 1. The van der Waals surface area contributed by atoms with Gasteiger partial charge in [-0.3, -0.25) is 4.79 Å². The Morgan fingerprint density at radius 2 is 1.72 bits per heavy atom. The maximum atomic E-state index is 12.7. The Labute approximate surface area is 113 Å². The quantitative estimate of drug-likeness (QED) is 0.767. The fourth-order valence-corrected chi connectivity index (χ4v) is 2.50. The molecule has 0 N–H and O–H groups in total. The third-order valence-electron chi connectivity index (χ3n) is 2.52. The Kier molecular flexibility index (Phi) is 6.80. The summed E-state index contributed by atoms with van der Waals surface area (Å²) in [6, 6.07) is 6.30. The maximum absolute atomic E-state index is 12.7. The van der Waals surface area contributed by atoms with Crippen molar-refractivity contribution >= 4 is 17.0 Å². The van der Waals surface area contributed by atoms with E-state index in [1.165, 1.54) is 23.9 Å². The highest BCUT2D eigenvalue weighted by Crippen LogP contribution is 2.17. The number of hydrogen-bond donors (Lipinski definition) is 0. The van der Waals surface area contributed by atoms with Gasteiger partial charge < -0.3 is 4.90 Å². The zero-order valence-electron chi connectivity index (χ0n) is 11.0. The number of benzene rings is 1. The molecule has 18 heavy (non-hydrogen) atoms. The van der Waals surface area contributed by atoms with Gasteiger partial charge in [0.15, 0.2) is 0 Å². The fraction of sp³-hybridized carbons (Fsp3) is 0.500. The molecule has 1 aromatic carbocycles. The van der Waals surface area contributed by atoms with Crippen LogP contribution >= 0.6 is 11.8 Å². The van der Waals surface area contributed by atoms with Gasteiger partial charge in [-0.1, -0.05) is 37.7 Å². The lowest BCUT2D eigenvalue weighted by molar-refractivity contribution is 0.223. The summed E-state index contributed by atoms with van der Waals surface area (Å²) in [6.45, 7) is 5.76. The summed E-state index contributed by atoms with van der Waals surface area (Å²) in [6.07, 6.45) is 1.95. The Hall–Kier alpha value is -1.03. The second kappa shape index (κ2) is 8.14. The standard InChI is InChI=1S/C14H20FNOS/c1-3-9-16(10-4-2)14(17)18-11-12-5-7-13(15)8-6-12/h5-8H,3-4,9-11H2,1-2H3. The molecule has 0 aliphatic carbocycles. The number of amides is 1. The Morgan fingerprint density at radius 1 is 1.17 bits per heavy atom. The van der Waals surface area contributed by atoms with Gasteiger partial charge in [0.05, 0.1) is 0 Å². The Morgan fingerprint density at radius 3 is 2.22 bits per heavy atom. The molecular weight excluding hydrogens is 249 g/mol. The highest BCUT2D eigenvalue weighted by molar-refractivity contribution is 8.12. The van der Waals surface area contributed by atoms with Crippen LogP contribution in [-0.4, -0.2) is 23.2 Å². The topological polar surface area (TPSA) is 20.3 Å². The molecule has 0 saturated heterocycles. The summed E-state index contributed by atoms with van der Waals surface area (Å²) in [5.74, 6) is 0.358. The molecule has 0 aliphatic rings. The zero-order valence-corrected chi connectivity index (χ0v) is 11.8. The summed E-state index contributed by atoms with van der Waals surface area (Å²) in [7, 11) is 0. The number of rotatable bonds is 6. The predicted molar refractivity (Wildman–Crippen MR) is 75.2 cm³/mol. The smallest absolute Gasteiger partial charge is 0.281 e. The molecule has 100 valence electrons. The lowest BCUT2D eigenvalue weighted by Crippen LogP contribution is -2.29. The van der Waals surface area contributed by atoms with Gasteiger partial charge in [0.25, 0.3) is 5.24 Å². The van der Waals surface area contributed by atoms with Crippen molar-refractivity contribution in [2.45, 2.75) is 32.4 Å². The molecule has 0 fully saturated rings. The highest BCUT2D eigenvalue weighted by Gasteiger charge is 2.12. The van der Waals surface area contributed by atoms with Crippen molar-refractivity contribution in [3.8, 4) is 0 Å². The number of hydrogen-bond acceptors (Lipinski definition) is 2. The van der Waals surface area contributed by atoms with Crippen molar-refractivity contribution in [1.82, 2.24) is 4.90 Å². The van der Waals surface area contributed by atoms with Crippen molar-refractivity contribution in [3.63, 3.8) is 0 Å². The molecule has 0 atom stereocenters. The molecule has 4 heteroatoms. The lowest BCUT2D eigenvalue weighted by Gasteiger charge is -2.20. The monoisotopic (exact) mass is 269 g/mol. The van der Waals surface area contributed by atoms with E-state index in [1.807, 2.05) is 4.90 Å². The van der Waals surface area contributed by atoms with Gasteiger partial charge >= 0.3 is 0 Å². The third kappa shape index (κ3) is 5.08. The Bertz CT molecular complexity index is 361. The largest absolute Gasteiger partial charge is 0.334 e. The van der Waals surface area contributed by atoms with Gasteiger partial charge in [-0.2, -0.15) is 0 Å². The maximum Gasteiger partial charge on any atom is 0.281 e. The molecule has 0 saturated carbocycles. The first kappa shape index (κ1) is 15.0. The van der Waals surface area contributed by atoms with E-state index < -0.39 is 0 Å². The first-order valence-corrected chi connectivity index (χ1v) is 7.32. The molecule has 0 heterocycles. The van der Waals surface area contributed by atoms with Gasteiger partial charge in [0, 0.05) is 18.8 Å². The molecular formula is C14H20FNOS. The average molecular weight is 269 g/mol. The molecule has 0 bridgehead atoms. The molecule has 1 aromatic rings. The second-order valence-electron chi connectivity index (χ2n) is 4.17. The number of halogens is 1. The van der Waals surface area contributed by atoms with Crippen LogP contribution in [0.5, 0.6) is 0 Å². The van der Waals surface area contributed by atoms with E-state index in [0.29, 0.717) is 5.75 Å². The van der Waals surface area contributed by atoms with Gasteiger partial charge in [-0.25, -0.2) is 4.39 Å². The number of thioether (sulfide) groups is 1. The SMILES string of the molecule is CCCN(CCC)C(=O)SCc1ccc(F)cc1. The minimum absolute atomic E-state index is 0.114. The highest BCUT2D eigenvalue weighted by atomic mass is 32.2. The molecule has 2 nitrogen and oxygen atoms in total. The molecule has 1 rings (SSSR count). The summed E-state index contributed by atoms with van der Waals surface area (Å²) in [5, 5.41) is 0.114. The first-order chi connectivity index (χ1) is 8.67. The first-order valence-electron chi connectivity index (χ1n) is 6.33. The lowest BCUT2D eigenvalue weighted by atomic mass is 10.2. The fourth-order valence-electron chi connectivity index (χ4n) is 1.65. The van der Waals surface area contributed by atoms with Crippen LogP contribution in [0.15, 0.2) is 24.3 Å². The van der Waals surface area contributed by atoms with Crippen LogP contribution in [0.4, 0.5) is 9.18 Å². The van der Waals surface area contributed by atoms with Crippen LogP contribution in [0, 0.1) is 5.82 Å². The summed E-state index contributed by atoms with van der Waals surface area (Å²) in [5.41, 5.74) is 0.975. The van der Waals surface area contributed by atoms with E-state index in [2.05, 4.69) is 13.8 Å². The van der Waals surface area contributed by atoms with Gasteiger partial charge in [-0.05, 0) is 30.5 Å². The van der Waals surface area contributed by atoms with Crippen LogP contribution in [0.2, 0.25) is 0 Å². The van der Waals surface area contributed by atoms with Crippen molar-refractivity contribution in [2.75, 3.05) is 13.1 Å². The summed E-state index contributed by atoms with van der Waals surface area (Å²) in [4.78, 5) is 13.9. The molecule has 0 unspecified atom stereocenters. The van der Waals surface area contributed by atoms with E-state index in [9.17, 15) is 9.18 Å². The normalized spacial score (nSPS) is 10.4. The van der Waals surface area contributed by atoms with Crippen molar-refractivity contribution in [2.24, 2.45) is 0 Å². The molecule has 0 spiro atoms.